The van der Waals surface area contributed by atoms with Crippen molar-refractivity contribution in [3.05, 3.63) is 0 Å². The minimum absolute atomic E-state index is 0. The van der Waals surface area contributed by atoms with Crippen LogP contribution in [0.2, 0.25) is 0 Å². The van der Waals surface area contributed by atoms with E-state index in [2.05, 4.69) is 17.1 Å². The van der Waals surface area contributed by atoms with E-state index in [1.165, 1.54) is 0 Å². The molecule has 1 N–H and O–H groups in total. The van der Waals surface area contributed by atoms with Gasteiger partial charge in [-0.2, -0.15) is 0 Å². The van der Waals surface area contributed by atoms with E-state index in [1.54, 1.807) is 0 Å². The third-order valence-electron chi connectivity index (χ3n) is 3.96. The fourth-order valence-corrected chi connectivity index (χ4v) is 2.83. The number of carbonyl (C=O) groups is 1. The Morgan fingerprint density at radius 3 is 2.70 bits per heavy atom. The van der Waals surface area contributed by atoms with Crippen molar-refractivity contribution in [3.8, 4) is 0 Å². The number of morpholine rings is 1. The highest BCUT2D eigenvalue weighted by Gasteiger charge is 2.33. The van der Waals surface area contributed by atoms with Crippen molar-refractivity contribution in [2.75, 3.05) is 52.9 Å². The second-order valence-electron chi connectivity index (χ2n) is 5.25. The van der Waals surface area contributed by atoms with Crippen LogP contribution in [0, 0.1) is 5.92 Å². The van der Waals surface area contributed by atoms with E-state index in [-0.39, 0.29) is 36.8 Å². The zero-order valence-electron chi connectivity index (χ0n) is 12.3. The first-order valence-corrected chi connectivity index (χ1v) is 7.02. The number of likely N-dealkylation sites (N-methyl/N-ethyl adjacent to an activating group) is 1. The highest BCUT2D eigenvalue weighted by atomic mass is 35.5. The van der Waals surface area contributed by atoms with Crippen LogP contribution in [0.1, 0.15) is 13.3 Å². The second-order valence-corrected chi connectivity index (χ2v) is 5.25. The fourth-order valence-electron chi connectivity index (χ4n) is 2.83. The molecule has 0 saturated carbocycles. The summed E-state index contributed by atoms with van der Waals surface area (Å²) < 4.78 is 5.63. The van der Waals surface area contributed by atoms with Crippen LogP contribution in [0.25, 0.3) is 0 Å². The van der Waals surface area contributed by atoms with Crippen molar-refractivity contribution < 1.29 is 9.53 Å². The van der Waals surface area contributed by atoms with Gasteiger partial charge in [0.1, 0.15) is 6.10 Å². The monoisotopic (exact) mass is 327 g/mol. The molecule has 2 rings (SSSR count). The third kappa shape index (κ3) is 5.04. The van der Waals surface area contributed by atoms with E-state index < -0.39 is 0 Å². The van der Waals surface area contributed by atoms with Crippen molar-refractivity contribution in [2.45, 2.75) is 19.4 Å². The Balaban J connectivity index is 0.00000180. The van der Waals surface area contributed by atoms with Gasteiger partial charge in [-0.3, -0.25) is 9.69 Å². The summed E-state index contributed by atoms with van der Waals surface area (Å²) in [7, 11) is 1.97. The minimum atomic E-state index is -0.243. The SMILES string of the molecule is CCN1CCOC(C(=O)N2CCC(CNC)C2)C1.Cl.Cl. The number of hydrogen-bond donors (Lipinski definition) is 1. The number of halogens is 2. The van der Waals surface area contributed by atoms with Crippen LogP contribution in [0.3, 0.4) is 0 Å². The summed E-state index contributed by atoms with van der Waals surface area (Å²) in [6, 6.07) is 0. The molecule has 2 aliphatic heterocycles. The van der Waals surface area contributed by atoms with Crippen molar-refractivity contribution in [3.63, 3.8) is 0 Å². The molecule has 0 aromatic carbocycles. The molecule has 1 amide bonds. The van der Waals surface area contributed by atoms with E-state index in [9.17, 15) is 4.79 Å². The zero-order valence-corrected chi connectivity index (χ0v) is 14.0. The zero-order chi connectivity index (χ0) is 13.0. The van der Waals surface area contributed by atoms with Gasteiger partial charge < -0.3 is 15.0 Å². The molecule has 2 fully saturated rings. The van der Waals surface area contributed by atoms with Crippen molar-refractivity contribution in [1.82, 2.24) is 15.1 Å². The minimum Gasteiger partial charge on any atom is -0.366 e. The molecular weight excluding hydrogens is 301 g/mol. The normalized spacial score (nSPS) is 26.8. The van der Waals surface area contributed by atoms with E-state index in [0.29, 0.717) is 12.5 Å². The lowest BCUT2D eigenvalue weighted by molar-refractivity contribution is -0.148. The summed E-state index contributed by atoms with van der Waals surface area (Å²) in [6.07, 6.45) is 0.864. The molecule has 2 heterocycles. The Bertz CT molecular complexity index is 295. The third-order valence-corrected chi connectivity index (χ3v) is 3.96. The average molecular weight is 328 g/mol. The molecule has 20 heavy (non-hydrogen) atoms. The Morgan fingerprint density at radius 2 is 2.05 bits per heavy atom. The number of rotatable bonds is 4. The summed E-state index contributed by atoms with van der Waals surface area (Å²) >= 11 is 0. The van der Waals surface area contributed by atoms with Gasteiger partial charge in [-0.05, 0) is 32.5 Å². The van der Waals surface area contributed by atoms with Gasteiger partial charge in [0.15, 0.2) is 0 Å². The first kappa shape index (κ1) is 19.9. The van der Waals surface area contributed by atoms with Gasteiger partial charge in [-0.1, -0.05) is 6.92 Å². The maximum Gasteiger partial charge on any atom is 0.253 e. The number of nitrogens with zero attached hydrogens (tertiary/aromatic N) is 2. The van der Waals surface area contributed by atoms with Gasteiger partial charge in [0.2, 0.25) is 0 Å². The van der Waals surface area contributed by atoms with Crippen LogP contribution in [-0.4, -0.2) is 74.7 Å². The molecular formula is C13H27Cl2N3O2. The molecule has 2 atom stereocenters. The lowest BCUT2D eigenvalue weighted by atomic mass is 10.1. The lowest BCUT2D eigenvalue weighted by Gasteiger charge is -2.33. The Hall–Kier alpha value is -0.0700. The van der Waals surface area contributed by atoms with Crippen molar-refractivity contribution >= 4 is 30.7 Å². The second kappa shape index (κ2) is 9.79. The Morgan fingerprint density at radius 1 is 1.30 bits per heavy atom. The van der Waals surface area contributed by atoms with Gasteiger partial charge in [-0.25, -0.2) is 0 Å². The topological polar surface area (TPSA) is 44.8 Å². The number of hydrogen-bond acceptors (Lipinski definition) is 4. The summed E-state index contributed by atoms with van der Waals surface area (Å²) in [5.41, 5.74) is 0. The maximum atomic E-state index is 12.4. The summed E-state index contributed by atoms with van der Waals surface area (Å²) in [5, 5.41) is 3.19. The molecule has 0 radical (unpaired) electrons. The average Bonchev–Trinajstić information content (AvgIpc) is 2.87. The maximum absolute atomic E-state index is 12.4. The van der Waals surface area contributed by atoms with Crippen LogP contribution >= 0.6 is 24.8 Å². The number of ether oxygens (including phenoxy) is 1. The van der Waals surface area contributed by atoms with Crippen molar-refractivity contribution in [1.29, 1.82) is 0 Å². The van der Waals surface area contributed by atoms with Gasteiger partial charge in [0.25, 0.3) is 5.91 Å². The molecule has 0 bridgehead atoms. The molecule has 2 unspecified atom stereocenters. The van der Waals surface area contributed by atoms with E-state index in [1.807, 2.05) is 11.9 Å². The fraction of sp³-hybridized carbons (Fsp3) is 0.923. The van der Waals surface area contributed by atoms with Crippen LogP contribution in [0.4, 0.5) is 0 Å². The van der Waals surface area contributed by atoms with E-state index in [0.717, 1.165) is 45.7 Å². The van der Waals surface area contributed by atoms with Crippen LogP contribution < -0.4 is 5.32 Å². The van der Waals surface area contributed by atoms with Gasteiger partial charge >= 0.3 is 0 Å². The van der Waals surface area contributed by atoms with Gasteiger partial charge in [0.05, 0.1) is 6.61 Å². The van der Waals surface area contributed by atoms with Crippen LogP contribution in [0.15, 0.2) is 0 Å². The van der Waals surface area contributed by atoms with Gasteiger partial charge in [-0.15, -0.1) is 24.8 Å². The molecule has 7 heteroatoms. The molecule has 5 nitrogen and oxygen atoms in total. The quantitative estimate of drug-likeness (QED) is 0.822. The van der Waals surface area contributed by atoms with Crippen LogP contribution in [-0.2, 0) is 9.53 Å². The summed E-state index contributed by atoms with van der Waals surface area (Å²) in [5.74, 6) is 0.788. The van der Waals surface area contributed by atoms with E-state index in [4.69, 9.17) is 4.74 Å². The number of carbonyl (C=O) groups excluding carboxylic acids is 1. The smallest absolute Gasteiger partial charge is 0.253 e. The van der Waals surface area contributed by atoms with Crippen molar-refractivity contribution in [2.24, 2.45) is 5.92 Å². The Kier molecular flexibility index (Phi) is 9.76. The molecule has 2 saturated heterocycles. The summed E-state index contributed by atoms with van der Waals surface area (Å²) in [4.78, 5) is 16.6. The largest absolute Gasteiger partial charge is 0.366 e. The van der Waals surface area contributed by atoms with E-state index >= 15 is 0 Å². The van der Waals surface area contributed by atoms with Crippen LogP contribution in [0.5, 0.6) is 0 Å². The number of nitrogens with one attached hydrogen (secondary N) is 1. The first-order valence-electron chi connectivity index (χ1n) is 7.02. The number of amides is 1. The van der Waals surface area contributed by atoms with Gasteiger partial charge in [0, 0.05) is 26.2 Å². The predicted octanol–water partition coefficient (Wildman–Crippen LogP) is 0.619. The predicted molar refractivity (Wildman–Crippen MR) is 85.0 cm³/mol. The molecule has 0 spiro atoms. The molecule has 0 aliphatic carbocycles. The Labute approximate surface area is 134 Å². The lowest BCUT2D eigenvalue weighted by Crippen LogP contribution is -2.50. The molecule has 0 aromatic rings. The molecule has 2 aliphatic rings. The summed E-state index contributed by atoms with van der Waals surface area (Å²) in [6.45, 7) is 8.27. The highest BCUT2D eigenvalue weighted by molar-refractivity contribution is 5.85. The standard InChI is InChI=1S/C13H25N3O2.2ClH/c1-3-15-6-7-18-12(10-15)13(17)16-5-4-11(9-16)8-14-2;;/h11-12,14H,3-10H2,1-2H3;2*1H. The highest BCUT2D eigenvalue weighted by Crippen LogP contribution is 2.18. The molecule has 120 valence electrons. The number of likely N-dealkylation sites (tertiary alicyclic amines) is 1. The first-order chi connectivity index (χ1) is 8.74. The molecule has 0 aromatic heterocycles.